The highest BCUT2D eigenvalue weighted by Gasteiger charge is 2.15. The van der Waals surface area contributed by atoms with Crippen LogP contribution in [0.15, 0.2) is 52.1 Å². The van der Waals surface area contributed by atoms with E-state index >= 15 is 0 Å². The van der Waals surface area contributed by atoms with Gasteiger partial charge in [-0.25, -0.2) is 4.39 Å². The van der Waals surface area contributed by atoms with Gasteiger partial charge in [-0.05, 0) is 30.3 Å². The second-order valence-corrected chi connectivity index (χ2v) is 6.62. The molecule has 0 saturated heterocycles. The van der Waals surface area contributed by atoms with Crippen LogP contribution in [0.25, 0.3) is 11.5 Å². The summed E-state index contributed by atoms with van der Waals surface area (Å²) >= 11 is 1.18. The summed E-state index contributed by atoms with van der Waals surface area (Å²) in [7, 11) is 3.10. The molecule has 148 valence electrons. The molecule has 0 spiro atoms. The van der Waals surface area contributed by atoms with Crippen LogP contribution in [0.4, 0.5) is 4.39 Å². The van der Waals surface area contributed by atoms with E-state index in [4.69, 9.17) is 18.6 Å². The molecule has 2 aromatic carbocycles. The SMILES string of the molecule is COc1ccc(-c2nnc(SC[C@@H](O)COc3ccccc3F)o2)cc1OC. The van der Waals surface area contributed by atoms with Crippen LogP contribution in [0.1, 0.15) is 0 Å². The van der Waals surface area contributed by atoms with Gasteiger partial charge in [0.15, 0.2) is 23.1 Å². The first kappa shape index (κ1) is 20.0. The third kappa shape index (κ3) is 4.93. The summed E-state index contributed by atoms with van der Waals surface area (Å²) in [4.78, 5) is 0. The fourth-order valence-corrected chi connectivity index (χ4v) is 2.98. The molecular weight excluding hydrogens is 387 g/mol. The maximum Gasteiger partial charge on any atom is 0.276 e. The van der Waals surface area contributed by atoms with Crippen LogP contribution in [0.2, 0.25) is 0 Å². The van der Waals surface area contributed by atoms with E-state index < -0.39 is 11.9 Å². The van der Waals surface area contributed by atoms with Crippen molar-refractivity contribution in [2.45, 2.75) is 11.3 Å². The second kappa shape index (κ2) is 9.43. The molecule has 3 rings (SSSR count). The molecule has 0 fully saturated rings. The summed E-state index contributed by atoms with van der Waals surface area (Å²) in [5.41, 5.74) is 0.681. The summed E-state index contributed by atoms with van der Waals surface area (Å²) in [5, 5.41) is 18.3. The van der Waals surface area contributed by atoms with Crippen molar-refractivity contribution in [3.8, 4) is 28.7 Å². The Morgan fingerprint density at radius 2 is 1.86 bits per heavy atom. The molecule has 0 unspecified atom stereocenters. The number of halogens is 1. The van der Waals surface area contributed by atoms with Crippen molar-refractivity contribution in [3.63, 3.8) is 0 Å². The highest BCUT2D eigenvalue weighted by molar-refractivity contribution is 7.99. The largest absolute Gasteiger partial charge is 0.493 e. The molecule has 9 heteroatoms. The summed E-state index contributed by atoms with van der Waals surface area (Å²) < 4.78 is 34.8. The lowest BCUT2D eigenvalue weighted by Crippen LogP contribution is -2.20. The fraction of sp³-hybridized carbons (Fsp3) is 0.263. The van der Waals surface area contributed by atoms with E-state index in [1.54, 1.807) is 44.6 Å². The van der Waals surface area contributed by atoms with E-state index in [2.05, 4.69) is 10.2 Å². The molecule has 3 aromatic rings. The van der Waals surface area contributed by atoms with Crippen molar-refractivity contribution in [1.29, 1.82) is 0 Å². The number of aliphatic hydroxyl groups excluding tert-OH is 1. The van der Waals surface area contributed by atoms with Gasteiger partial charge >= 0.3 is 0 Å². The average molecular weight is 406 g/mol. The number of nitrogens with zero attached hydrogens (tertiary/aromatic N) is 2. The highest BCUT2D eigenvalue weighted by atomic mass is 32.2. The number of aromatic nitrogens is 2. The molecule has 0 aliphatic carbocycles. The van der Waals surface area contributed by atoms with Crippen molar-refractivity contribution < 1.29 is 28.1 Å². The molecule has 0 amide bonds. The molecule has 0 saturated carbocycles. The number of benzene rings is 2. The first-order chi connectivity index (χ1) is 13.6. The minimum atomic E-state index is -0.832. The smallest absolute Gasteiger partial charge is 0.276 e. The minimum Gasteiger partial charge on any atom is -0.493 e. The topological polar surface area (TPSA) is 86.8 Å². The van der Waals surface area contributed by atoms with Crippen LogP contribution >= 0.6 is 11.8 Å². The third-order valence-electron chi connectivity index (χ3n) is 3.70. The summed E-state index contributed by atoms with van der Waals surface area (Å²) in [6, 6.07) is 11.3. The van der Waals surface area contributed by atoms with Crippen LogP contribution in [-0.4, -0.2) is 48.0 Å². The highest BCUT2D eigenvalue weighted by Crippen LogP contribution is 2.32. The predicted molar refractivity (Wildman–Crippen MR) is 101 cm³/mol. The average Bonchev–Trinajstić information content (AvgIpc) is 3.20. The molecule has 28 heavy (non-hydrogen) atoms. The van der Waals surface area contributed by atoms with Crippen LogP contribution in [0.5, 0.6) is 17.2 Å². The maximum absolute atomic E-state index is 13.5. The normalized spacial score (nSPS) is 11.9. The van der Waals surface area contributed by atoms with Gasteiger partial charge in [-0.15, -0.1) is 10.2 Å². The van der Waals surface area contributed by atoms with Crippen LogP contribution in [0.3, 0.4) is 0 Å². The van der Waals surface area contributed by atoms with E-state index in [9.17, 15) is 9.50 Å². The van der Waals surface area contributed by atoms with Crippen molar-refractivity contribution in [1.82, 2.24) is 10.2 Å². The molecule has 0 bridgehead atoms. The quantitative estimate of drug-likeness (QED) is 0.541. The van der Waals surface area contributed by atoms with E-state index in [1.165, 1.54) is 23.9 Å². The Kier molecular flexibility index (Phi) is 6.72. The van der Waals surface area contributed by atoms with E-state index in [-0.39, 0.29) is 18.1 Å². The minimum absolute atomic E-state index is 0.0510. The number of ether oxygens (including phenoxy) is 3. The van der Waals surface area contributed by atoms with Crippen LogP contribution in [0, 0.1) is 5.82 Å². The molecule has 1 heterocycles. The first-order valence-electron chi connectivity index (χ1n) is 8.34. The molecule has 1 N–H and O–H groups in total. The zero-order chi connectivity index (χ0) is 19.9. The molecular formula is C19H19FN2O5S. The maximum atomic E-state index is 13.5. The fourth-order valence-electron chi connectivity index (χ4n) is 2.32. The Balaban J connectivity index is 1.55. The Morgan fingerprint density at radius 3 is 2.61 bits per heavy atom. The lowest BCUT2D eigenvalue weighted by molar-refractivity contribution is 0.123. The van der Waals surface area contributed by atoms with Crippen molar-refractivity contribution in [2.75, 3.05) is 26.6 Å². The summed E-state index contributed by atoms with van der Waals surface area (Å²) in [6.07, 6.45) is -0.832. The van der Waals surface area contributed by atoms with Crippen LogP contribution < -0.4 is 14.2 Å². The third-order valence-corrected chi connectivity index (χ3v) is 4.67. The Bertz CT molecular complexity index is 921. The van der Waals surface area contributed by atoms with E-state index in [1.807, 2.05) is 0 Å². The van der Waals surface area contributed by atoms with Gasteiger partial charge < -0.3 is 23.7 Å². The van der Waals surface area contributed by atoms with Gasteiger partial charge in [0.2, 0.25) is 5.89 Å². The molecule has 1 aromatic heterocycles. The monoisotopic (exact) mass is 406 g/mol. The number of para-hydroxylation sites is 1. The Labute approximate surface area is 165 Å². The van der Waals surface area contributed by atoms with Crippen molar-refractivity contribution >= 4 is 11.8 Å². The lowest BCUT2D eigenvalue weighted by atomic mass is 10.2. The number of rotatable bonds is 9. The number of hydrogen-bond donors (Lipinski definition) is 1. The molecule has 7 nitrogen and oxygen atoms in total. The molecule has 0 radical (unpaired) electrons. The zero-order valence-corrected chi connectivity index (χ0v) is 16.1. The number of methoxy groups -OCH3 is 2. The van der Waals surface area contributed by atoms with Gasteiger partial charge in [0.25, 0.3) is 5.22 Å². The Morgan fingerprint density at radius 1 is 1.07 bits per heavy atom. The van der Waals surface area contributed by atoms with Crippen molar-refractivity contribution in [2.24, 2.45) is 0 Å². The molecule has 0 aliphatic heterocycles. The van der Waals surface area contributed by atoms with Gasteiger partial charge in [-0.1, -0.05) is 23.9 Å². The van der Waals surface area contributed by atoms with Gasteiger partial charge in [0, 0.05) is 11.3 Å². The van der Waals surface area contributed by atoms with Crippen LogP contribution in [-0.2, 0) is 0 Å². The lowest BCUT2D eigenvalue weighted by Gasteiger charge is -2.11. The van der Waals surface area contributed by atoms with Gasteiger partial charge in [-0.2, -0.15) is 0 Å². The van der Waals surface area contributed by atoms with Gasteiger partial charge in [0.1, 0.15) is 6.61 Å². The van der Waals surface area contributed by atoms with E-state index in [0.29, 0.717) is 28.2 Å². The van der Waals surface area contributed by atoms with E-state index in [0.717, 1.165) is 0 Å². The molecule has 0 aliphatic rings. The van der Waals surface area contributed by atoms with Gasteiger partial charge in [0.05, 0.1) is 20.3 Å². The van der Waals surface area contributed by atoms with Crippen molar-refractivity contribution in [3.05, 3.63) is 48.3 Å². The second-order valence-electron chi connectivity index (χ2n) is 5.65. The summed E-state index contributed by atoms with van der Waals surface area (Å²) in [5.74, 6) is 1.34. The van der Waals surface area contributed by atoms with Gasteiger partial charge in [-0.3, -0.25) is 0 Å². The summed E-state index contributed by atoms with van der Waals surface area (Å²) in [6.45, 7) is -0.0510. The predicted octanol–water partition coefficient (Wildman–Crippen LogP) is 3.42. The number of hydrogen-bond acceptors (Lipinski definition) is 8. The zero-order valence-electron chi connectivity index (χ0n) is 15.3. The standard InChI is InChI=1S/C19H19FN2O5S/c1-24-16-8-7-12(9-17(16)25-2)18-21-22-19(27-18)28-11-13(23)10-26-15-6-4-3-5-14(15)20/h3-9,13,23H,10-11H2,1-2H3/t13-/m0/s1. The first-order valence-corrected chi connectivity index (χ1v) is 9.33. The molecule has 1 atom stereocenters. The number of thioether (sulfide) groups is 1. The number of aliphatic hydroxyl groups is 1. The Hall–Kier alpha value is -2.78.